The first-order valence-electron chi connectivity index (χ1n) is 14.1. The Bertz CT molecular complexity index is 1390. The van der Waals surface area contributed by atoms with Crippen LogP contribution in [0.2, 0.25) is 0 Å². The average molecular weight is 585 g/mol. The second-order valence-corrected chi connectivity index (χ2v) is 13.5. The van der Waals surface area contributed by atoms with E-state index < -0.39 is 42.1 Å². The van der Waals surface area contributed by atoms with Gasteiger partial charge in [-0.2, -0.15) is 0 Å². The van der Waals surface area contributed by atoms with Crippen LogP contribution in [0.5, 0.6) is 0 Å². The Hall–Kier alpha value is -3.11. The van der Waals surface area contributed by atoms with Gasteiger partial charge in [0.15, 0.2) is 6.17 Å². The van der Waals surface area contributed by atoms with Crippen molar-refractivity contribution in [3.63, 3.8) is 0 Å². The van der Waals surface area contributed by atoms with Crippen molar-refractivity contribution >= 4 is 23.2 Å². The highest BCUT2D eigenvalue weighted by molar-refractivity contribution is 7.13. The molecular formula is C31H41FN4O4S. The molecule has 3 aromatic rings. The predicted molar refractivity (Wildman–Crippen MR) is 157 cm³/mol. The zero-order valence-corrected chi connectivity index (χ0v) is 25.9. The Morgan fingerprint density at radius 2 is 1.93 bits per heavy atom. The maximum atomic E-state index is 15.4. The lowest BCUT2D eigenvalue weighted by atomic mass is 9.84. The van der Waals surface area contributed by atoms with Gasteiger partial charge < -0.3 is 19.8 Å². The van der Waals surface area contributed by atoms with Crippen LogP contribution in [0.15, 0.2) is 34.3 Å². The van der Waals surface area contributed by atoms with E-state index in [-0.39, 0.29) is 17.9 Å². The number of nitrogens with zero attached hydrogens (tertiary/aromatic N) is 3. The molecule has 2 amide bonds. The van der Waals surface area contributed by atoms with E-state index in [4.69, 9.17) is 4.52 Å². The number of carbonyl (C=O) groups excluding carboxylic acids is 2. The summed E-state index contributed by atoms with van der Waals surface area (Å²) in [5.41, 5.74) is 6.45. The number of β-amino-alcohol motifs (C(OH)–C–C–N with tert-alkyl or cyclic N) is 1. The Morgan fingerprint density at radius 3 is 2.49 bits per heavy atom. The van der Waals surface area contributed by atoms with Gasteiger partial charge in [-0.1, -0.05) is 51.9 Å². The summed E-state index contributed by atoms with van der Waals surface area (Å²) in [7, 11) is 0. The van der Waals surface area contributed by atoms with Crippen molar-refractivity contribution in [2.75, 3.05) is 6.54 Å². The third kappa shape index (κ3) is 6.70. The third-order valence-corrected chi connectivity index (χ3v) is 8.50. The molecule has 1 fully saturated rings. The van der Waals surface area contributed by atoms with Crippen LogP contribution in [0.25, 0.3) is 10.4 Å². The minimum Gasteiger partial charge on any atom is -0.388 e. The van der Waals surface area contributed by atoms with Crippen molar-refractivity contribution in [1.82, 2.24) is 20.4 Å². The van der Waals surface area contributed by atoms with Crippen molar-refractivity contribution in [3.05, 3.63) is 58.1 Å². The zero-order chi connectivity index (χ0) is 30.2. The average Bonchev–Trinajstić information content (AvgIpc) is 3.57. The first kappa shape index (κ1) is 30.8. The molecule has 4 rings (SSSR count). The number of halogens is 1. The summed E-state index contributed by atoms with van der Waals surface area (Å²) in [6.45, 7) is 15.5. The lowest BCUT2D eigenvalue weighted by Crippen LogP contribution is -2.51. The van der Waals surface area contributed by atoms with E-state index in [1.807, 2.05) is 45.3 Å². The van der Waals surface area contributed by atoms with Crippen molar-refractivity contribution in [2.45, 2.75) is 92.1 Å². The maximum absolute atomic E-state index is 15.4. The topological polar surface area (TPSA) is 109 Å². The number of nitrogens with one attached hydrogen (secondary N) is 1. The second-order valence-electron chi connectivity index (χ2n) is 12.7. The molecule has 3 heterocycles. The highest BCUT2D eigenvalue weighted by atomic mass is 32.1. The lowest BCUT2D eigenvalue weighted by molar-refractivity contribution is -0.142. The third-order valence-electron chi connectivity index (χ3n) is 7.52. The molecule has 1 aliphatic rings. The molecule has 5 atom stereocenters. The summed E-state index contributed by atoms with van der Waals surface area (Å²) in [6.07, 6.45) is -2.62. The Balaban J connectivity index is 1.61. The normalized spacial score (nSPS) is 20.9. The number of carbonyl (C=O) groups is 2. The number of hydrogen-bond acceptors (Lipinski definition) is 7. The number of amides is 2. The molecule has 2 N–H and O–H groups in total. The summed E-state index contributed by atoms with van der Waals surface area (Å²) in [5.74, 6) is -1.72. The molecule has 10 heteroatoms. The van der Waals surface area contributed by atoms with Crippen LogP contribution in [0.4, 0.5) is 4.39 Å². The molecule has 0 saturated carbocycles. The van der Waals surface area contributed by atoms with E-state index in [1.165, 1.54) is 0 Å². The first-order chi connectivity index (χ1) is 19.2. The minimum atomic E-state index is -1.92. The van der Waals surface area contributed by atoms with Crippen LogP contribution in [0, 0.1) is 25.2 Å². The summed E-state index contributed by atoms with van der Waals surface area (Å²) < 4.78 is 20.8. The highest BCUT2D eigenvalue weighted by Gasteiger charge is 2.50. The molecule has 0 aliphatic carbocycles. The van der Waals surface area contributed by atoms with E-state index in [2.05, 4.69) is 42.3 Å². The molecule has 222 valence electrons. The Morgan fingerprint density at radius 1 is 1.22 bits per heavy atom. The molecule has 41 heavy (non-hydrogen) atoms. The molecule has 0 spiro atoms. The van der Waals surface area contributed by atoms with E-state index in [0.717, 1.165) is 38.6 Å². The van der Waals surface area contributed by atoms with Crippen LogP contribution in [-0.2, 0) is 16.0 Å². The lowest BCUT2D eigenvalue weighted by Gasteiger charge is -2.30. The molecule has 0 bridgehead atoms. The van der Waals surface area contributed by atoms with E-state index >= 15 is 4.39 Å². The highest BCUT2D eigenvalue weighted by Crippen LogP contribution is 2.35. The molecule has 0 radical (unpaired) electrons. The number of aliphatic hydroxyl groups excluding tert-OH is 1. The number of aryl methyl sites for hydroxylation is 2. The van der Waals surface area contributed by atoms with Crippen LogP contribution >= 0.6 is 11.3 Å². The van der Waals surface area contributed by atoms with Gasteiger partial charge in [0, 0.05) is 6.07 Å². The van der Waals surface area contributed by atoms with Gasteiger partial charge in [0.1, 0.15) is 23.8 Å². The van der Waals surface area contributed by atoms with Gasteiger partial charge in [0.2, 0.25) is 11.8 Å². The minimum absolute atomic E-state index is 0.0203. The molecule has 2 aromatic heterocycles. The van der Waals surface area contributed by atoms with Gasteiger partial charge in [-0.15, -0.1) is 11.3 Å². The number of alkyl halides is 1. The molecule has 1 aromatic carbocycles. The van der Waals surface area contributed by atoms with E-state index in [0.29, 0.717) is 11.5 Å². The number of aromatic nitrogens is 2. The number of rotatable bonds is 8. The van der Waals surface area contributed by atoms with Gasteiger partial charge in [-0.25, -0.2) is 9.37 Å². The molecule has 1 aliphatic heterocycles. The van der Waals surface area contributed by atoms with Crippen LogP contribution in [0.1, 0.15) is 81.8 Å². The fourth-order valence-electron chi connectivity index (χ4n) is 5.60. The number of aliphatic hydroxyl groups is 1. The monoisotopic (exact) mass is 584 g/mol. The molecule has 1 saturated heterocycles. The summed E-state index contributed by atoms with van der Waals surface area (Å²) >= 11 is 1.58. The van der Waals surface area contributed by atoms with Crippen molar-refractivity contribution in [1.29, 1.82) is 0 Å². The molecular weight excluding hydrogens is 543 g/mol. The van der Waals surface area contributed by atoms with Gasteiger partial charge in [0.05, 0.1) is 34.4 Å². The first-order valence-corrected chi connectivity index (χ1v) is 15.0. The fourth-order valence-corrected chi connectivity index (χ4v) is 6.41. The molecule has 0 unspecified atom stereocenters. The largest absolute Gasteiger partial charge is 0.388 e. The quantitative estimate of drug-likeness (QED) is 0.361. The number of likely N-dealkylation sites (tertiary alicyclic amines) is 1. The van der Waals surface area contributed by atoms with Crippen LogP contribution in [0.3, 0.4) is 0 Å². The van der Waals surface area contributed by atoms with Gasteiger partial charge >= 0.3 is 0 Å². The number of benzene rings is 1. The molecule has 8 nitrogen and oxygen atoms in total. The predicted octanol–water partition coefficient (Wildman–Crippen LogP) is 5.53. The maximum Gasteiger partial charge on any atom is 0.246 e. The Kier molecular flexibility index (Phi) is 9.04. The zero-order valence-electron chi connectivity index (χ0n) is 25.1. The summed E-state index contributed by atoms with van der Waals surface area (Å²) in [4.78, 5) is 34.0. The SMILES string of the molecule is Cc1cc([C@H](C(=O)N2C[C@H](O)[C@H](F)[C@H]2C(=O)N[C@@H](C)c2ccc(-c3scnc3C)cc2CC(C)(C)C)C(C)C)on1. The van der Waals surface area contributed by atoms with Gasteiger partial charge in [-0.05, 0) is 61.3 Å². The Labute approximate surface area is 245 Å². The van der Waals surface area contributed by atoms with Crippen LogP contribution < -0.4 is 5.32 Å². The smallest absolute Gasteiger partial charge is 0.246 e. The van der Waals surface area contributed by atoms with Crippen molar-refractivity contribution < 1.29 is 23.6 Å². The second kappa shape index (κ2) is 12.0. The summed E-state index contributed by atoms with van der Waals surface area (Å²) in [5, 5.41) is 17.3. The van der Waals surface area contributed by atoms with E-state index in [1.54, 1.807) is 24.3 Å². The number of hydrogen-bond donors (Lipinski definition) is 2. The van der Waals surface area contributed by atoms with Crippen molar-refractivity contribution in [2.24, 2.45) is 11.3 Å². The standard InChI is InChI=1S/C31H41FN4O4S/c1-16(2)25(24-11-17(3)35-40-24)30(39)36-14-23(37)26(32)27(36)29(38)34-18(4)22-10-9-20(28-19(5)33-15-41-28)12-21(22)13-31(6,7)8/h9-12,15-16,18,23,25-27,37H,13-14H2,1-8H3,(H,34,38)/t18-,23-,25+,26-,27-/m0/s1. The van der Waals surface area contributed by atoms with Gasteiger partial charge in [0.25, 0.3) is 0 Å². The van der Waals surface area contributed by atoms with Crippen molar-refractivity contribution in [3.8, 4) is 10.4 Å². The number of thiazole rings is 1. The summed E-state index contributed by atoms with van der Waals surface area (Å²) in [6, 6.07) is 5.91. The van der Waals surface area contributed by atoms with Gasteiger partial charge in [-0.3, -0.25) is 9.59 Å². The van der Waals surface area contributed by atoms with Crippen LogP contribution in [-0.4, -0.2) is 56.8 Å². The van der Waals surface area contributed by atoms with E-state index in [9.17, 15) is 14.7 Å². The fraction of sp³-hybridized carbons (Fsp3) is 0.548.